The van der Waals surface area contributed by atoms with E-state index in [1.54, 1.807) is 6.92 Å². The average Bonchev–Trinajstić information content (AvgIpc) is 2.82. The van der Waals surface area contributed by atoms with Crippen molar-refractivity contribution < 1.29 is 14.3 Å². The van der Waals surface area contributed by atoms with Gasteiger partial charge in [0.15, 0.2) is 5.69 Å². The highest BCUT2D eigenvalue weighted by Crippen LogP contribution is 2.13. The van der Waals surface area contributed by atoms with Gasteiger partial charge < -0.3 is 20.6 Å². The highest BCUT2D eigenvalue weighted by atomic mass is 16.3. The van der Waals surface area contributed by atoms with Crippen molar-refractivity contribution in [2.75, 3.05) is 6.54 Å². The van der Waals surface area contributed by atoms with Crippen LogP contribution in [0.2, 0.25) is 0 Å². The van der Waals surface area contributed by atoms with Gasteiger partial charge in [0.1, 0.15) is 12.3 Å². The van der Waals surface area contributed by atoms with Crippen LogP contribution in [0.15, 0.2) is 10.7 Å². The van der Waals surface area contributed by atoms with Gasteiger partial charge >= 0.3 is 0 Å². The van der Waals surface area contributed by atoms with Gasteiger partial charge in [0.05, 0.1) is 6.10 Å². The first-order valence-corrected chi connectivity index (χ1v) is 6.23. The molecule has 0 aliphatic carbocycles. The monoisotopic (exact) mass is 255 g/mol. The number of aliphatic hydroxyl groups excluding tert-OH is 1. The molecule has 1 amide bonds. The molecule has 18 heavy (non-hydrogen) atoms. The van der Waals surface area contributed by atoms with E-state index in [1.165, 1.54) is 6.26 Å². The molecule has 1 aromatic rings. The molecule has 0 radical (unpaired) electrons. The van der Waals surface area contributed by atoms with Gasteiger partial charge in [0.2, 0.25) is 5.89 Å². The van der Waals surface area contributed by atoms with E-state index in [4.69, 9.17) is 10.2 Å². The van der Waals surface area contributed by atoms with E-state index in [-0.39, 0.29) is 17.5 Å². The van der Waals surface area contributed by atoms with E-state index in [0.717, 1.165) is 19.3 Å². The number of rotatable bonds is 7. The van der Waals surface area contributed by atoms with E-state index >= 15 is 0 Å². The summed E-state index contributed by atoms with van der Waals surface area (Å²) in [6.45, 7) is 4.26. The Morgan fingerprint density at radius 3 is 2.94 bits per heavy atom. The third-order valence-corrected chi connectivity index (χ3v) is 2.63. The van der Waals surface area contributed by atoms with E-state index < -0.39 is 12.1 Å². The number of carbonyl (C=O) groups excluding carboxylic acids is 1. The van der Waals surface area contributed by atoms with Gasteiger partial charge in [0, 0.05) is 6.54 Å². The number of oxazole rings is 1. The van der Waals surface area contributed by atoms with Gasteiger partial charge in [-0.1, -0.05) is 19.8 Å². The molecule has 0 spiro atoms. The number of nitrogens with two attached hydrogens (primary N) is 1. The molecule has 1 aromatic heterocycles. The van der Waals surface area contributed by atoms with Gasteiger partial charge in [-0.15, -0.1) is 0 Å². The normalized spacial score (nSPS) is 14.2. The molecule has 0 aliphatic rings. The van der Waals surface area contributed by atoms with Crippen LogP contribution in [0.5, 0.6) is 0 Å². The van der Waals surface area contributed by atoms with Gasteiger partial charge in [-0.3, -0.25) is 4.79 Å². The van der Waals surface area contributed by atoms with Crippen LogP contribution in [0.1, 0.15) is 55.5 Å². The lowest BCUT2D eigenvalue weighted by atomic mass is 10.2. The van der Waals surface area contributed by atoms with Crippen molar-refractivity contribution in [1.82, 2.24) is 10.3 Å². The van der Waals surface area contributed by atoms with Crippen LogP contribution in [0.4, 0.5) is 0 Å². The van der Waals surface area contributed by atoms with Gasteiger partial charge in [-0.25, -0.2) is 4.98 Å². The fourth-order valence-corrected chi connectivity index (χ4v) is 1.42. The van der Waals surface area contributed by atoms with E-state index in [1.807, 2.05) is 0 Å². The van der Waals surface area contributed by atoms with Gasteiger partial charge in [-0.05, 0) is 13.3 Å². The SMILES string of the molecule is CCCCCNC(=O)c1coc(C(N)C(C)O)n1. The Balaban J connectivity index is 2.49. The fraction of sp³-hybridized carbons (Fsp3) is 0.667. The minimum atomic E-state index is -0.774. The fourth-order valence-electron chi connectivity index (χ4n) is 1.42. The molecule has 0 saturated carbocycles. The topological polar surface area (TPSA) is 101 Å². The number of aliphatic hydroxyl groups is 1. The molecule has 2 unspecified atom stereocenters. The number of unbranched alkanes of at least 4 members (excludes halogenated alkanes) is 2. The largest absolute Gasteiger partial charge is 0.446 e. The van der Waals surface area contributed by atoms with Crippen molar-refractivity contribution in [3.8, 4) is 0 Å². The van der Waals surface area contributed by atoms with Crippen molar-refractivity contribution in [3.05, 3.63) is 17.8 Å². The lowest BCUT2D eigenvalue weighted by Crippen LogP contribution is -2.26. The highest BCUT2D eigenvalue weighted by Gasteiger charge is 2.20. The van der Waals surface area contributed by atoms with Crippen LogP contribution in [0.25, 0.3) is 0 Å². The van der Waals surface area contributed by atoms with Crippen molar-refractivity contribution in [1.29, 1.82) is 0 Å². The maximum Gasteiger partial charge on any atom is 0.273 e. The maximum atomic E-state index is 11.7. The summed E-state index contributed by atoms with van der Waals surface area (Å²) in [6.07, 6.45) is 3.61. The van der Waals surface area contributed by atoms with Crippen LogP contribution in [-0.2, 0) is 0 Å². The third-order valence-electron chi connectivity index (χ3n) is 2.63. The number of amides is 1. The summed E-state index contributed by atoms with van der Waals surface area (Å²) >= 11 is 0. The zero-order valence-corrected chi connectivity index (χ0v) is 10.8. The Hall–Kier alpha value is -1.40. The molecule has 6 nitrogen and oxygen atoms in total. The van der Waals surface area contributed by atoms with Crippen molar-refractivity contribution in [3.63, 3.8) is 0 Å². The number of nitrogens with one attached hydrogen (secondary N) is 1. The number of hydrogen-bond donors (Lipinski definition) is 3. The van der Waals surface area contributed by atoms with Crippen LogP contribution < -0.4 is 11.1 Å². The van der Waals surface area contributed by atoms with Crippen molar-refractivity contribution in [2.45, 2.75) is 45.3 Å². The highest BCUT2D eigenvalue weighted by molar-refractivity contribution is 5.91. The second-order valence-electron chi connectivity index (χ2n) is 4.30. The third kappa shape index (κ3) is 4.12. The molecular formula is C12H21N3O3. The molecule has 1 rings (SSSR count). The molecule has 6 heteroatoms. The summed E-state index contributed by atoms with van der Waals surface area (Å²) < 4.78 is 5.08. The van der Waals surface area contributed by atoms with Gasteiger partial charge in [-0.2, -0.15) is 0 Å². The minimum absolute atomic E-state index is 0.170. The second kappa shape index (κ2) is 7.13. The lowest BCUT2D eigenvalue weighted by molar-refractivity contribution is 0.0947. The van der Waals surface area contributed by atoms with E-state index in [9.17, 15) is 9.90 Å². The van der Waals surface area contributed by atoms with Crippen molar-refractivity contribution >= 4 is 5.91 Å². The molecule has 0 saturated heterocycles. The Kier molecular flexibility index (Phi) is 5.80. The average molecular weight is 255 g/mol. The summed E-state index contributed by atoms with van der Waals surface area (Å²) in [6, 6.07) is -0.716. The summed E-state index contributed by atoms with van der Waals surface area (Å²) in [5.41, 5.74) is 5.85. The van der Waals surface area contributed by atoms with Crippen LogP contribution >= 0.6 is 0 Å². The quantitative estimate of drug-likeness (QED) is 0.630. The standard InChI is InChI=1S/C12H21N3O3/c1-3-4-5-6-14-11(17)9-7-18-12(15-9)10(13)8(2)16/h7-8,10,16H,3-6,13H2,1-2H3,(H,14,17). The number of hydrogen-bond acceptors (Lipinski definition) is 5. The van der Waals surface area contributed by atoms with Crippen molar-refractivity contribution in [2.24, 2.45) is 5.73 Å². The molecule has 0 bridgehead atoms. The van der Waals surface area contributed by atoms with Gasteiger partial charge in [0.25, 0.3) is 5.91 Å². The van der Waals surface area contributed by atoms with E-state index in [2.05, 4.69) is 17.2 Å². The zero-order valence-electron chi connectivity index (χ0n) is 10.8. The summed E-state index contributed by atoms with van der Waals surface area (Å²) in [7, 11) is 0. The first kappa shape index (κ1) is 14.7. The molecule has 1 heterocycles. The minimum Gasteiger partial charge on any atom is -0.446 e. The summed E-state index contributed by atoms with van der Waals surface area (Å²) in [5.74, 6) is -0.109. The summed E-state index contributed by atoms with van der Waals surface area (Å²) in [4.78, 5) is 15.6. The molecule has 0 fully saturated rings. The molecule has 0 aliphatic heterocycles. The lowest BCUT2D eigenvalue weighted by Gasteiger charge is -2.09. The van der Waals surface area contributed by atoms with E-state index in [0.29, 0.717) is 6.54 Å². The van der Waals surface area contributed by atoms with Crippen LogP contribution in [0, 0.1) is 0 Å². The predicted molar refractivity (Wildman–Crippen MR) is 67.0 cm³/mol. The van der Waals surface area contributed by atoms with Crippen LogP contribution in [0.3, 0.4) is 0 Å². The zero-order chi connectivity index (χ0) is 13.5. The molecule has 4 N–H and O–H groups in total. The predicted octanol–water partition coefficient (Wildman–Crippen LogP) is 0.975. The molecule has 102 valence electrons. The Bertz CT molecular complexity index is 376. The Morgan fingerprint density at radius 1 is 1.61 bits per heavy atom. The number of aromatic nitrogens is 1. The van der Waals surface area contributed by atoms with Crippen LogP contribution in [-0.4, -0.2) is 28.6 Å². The smallest absolute Gasteiger partial charge is 0.273 e. The molecular weight excluding hydrogens is 234 g/mol. The number of nitrogens with zero attached hydrogens (tertiary/aromatic N) is 1. The summed E-state index contributed by atoms with van der Waals surface area (Å²) in [5, 5.41) is 12.0. The molecule has 2 atom stereocenters. The molecule has 0 aromatic carbocycles. The Morgan fingerprint density at radius 2 is 2.33 bits per heavy atom. The number of carbonyl (C=O) groups is 1. The Labute approximate surface area is 107 Å². The maximum absolute atomic E-state index is 11.7. The first-order chi connectivity index (χ1) is 8.56. The first-order valence-electron chi connectivity index (χ1n) is 6.23. The second-order valence-corrected chi connectivity index (χ2v) is 4.30.